The van der Waals surface area contributed by atoms with E-state index in [2.05, 4.69) is 10.6 Å². The van der Waals surface area contributed by atoms with Crippen molar-refractivity contribution in [3.8, 4) is 0 Å². The summed E-state index contributed by atoms with van der Waals surface area (Å²) < 4.78 is 0. The number of nitrogens with zero attached hydrogens (tertiary/aromatic N) is 2. The fourth-order valence-electron chi connectivity index (χ4n) is 2.27. The molecule has 3 unspecified atom stereocenters. The molecule has 0 spiro atoms. The van der Waals surface area contributed by atoms with E-state index in [0.29, 0.717) is 0 Å². The first-order chi connectivity index (χ1) is 13.7. The van der Waals surface area contributed by atoms with Crippen molar-refractivity contribution in [1.82, 2.24) is 20.4 Å². The van der Waals surface area contributed by atoms with Gasteiger partial charge < -0.3 is 46.0 Å². The lowest BCUT2D eigenvalue weighted by molar-refractivity contribution is 0.0961. The molecule has 0 radical (unpaired) electrons. The molecule has 0 saturated heterocycles. The highest BCUT2D eigenvalue weighted by Gasteiger charge is 2.20. The Kier molecular flexibility index (Phi) is 16.4. The van der Waals surface area contributed by atoms with Crippen LogP contribution in [0.2, 0.25) is 0 Å². The Balaban J connectivity index is 0. The summed E-state index contributed by atoms with van der Waals surface area (Å²) in [6.45, 7) is 11.1. The lowest BCUT2D eigenvalue weighted by Crippen LogP contribution is -2.50. The van der Waals surface area contributed by atoms with Crippen LogP contribution in [0.3, 0.4) is 0 Å². The van der Waals surface area contributed by atoms with Crippen molar-refractivity contribution in [3.05, 3.63) is 0 Å². The number of rotatable bonds is 10. The Morgan fingerprint density at radius 3 is 1.57 bits per heavy atom. The Hall–Kier alpha value is -1.66. The molecule has 3 atom stereocenters. The Morgan fingerprint density at radius 1 is 0.800 bits per heavy atom. The zero-order chi connectivity index (χ0) is 23.9. The first-order valence-electron chi connectivity index (χ1n) is 10.1. The smallest absolute Gasteiger partial charge is 0.317 e. The Morgan fingerprint density at radius 2 is 1.23 bits per heavy atom. The third kappa shape index (κ3) is 18.4. The van der Waals surface area contributed by atoms with Crippen LogP contribution in [0.5, 0.6) is 0 Å². The fourth-order valence-corrected chi connectivity index (χ4v) is 2.27. The molecule has 0 aliphatic carbocycles. The number of amides is 4. The molecule has 11 heteroatoms. The minimum Gasteiger partial charge on any atom is -0.395 e. The molecular weight excluding hydrogens is 396 g/mol. The zero-order valence-corrected chi connectivity index (χ0v) is 19.1. The number of aliphatic hydroxyl groups is 5. The average Bonchev–Trinajstić information content (AvgIpc) is 2.56. The summed E-state index contributed by atoms with van der Waals surface area (Å²) in [6.07, 6.45) is -1.89. The highest BCUT2D eigenvalue weighted by molar-refractivity contribution is 5.75. The molecule has 4 amide bonds. The molecule has 0 aromatic heterocycles. The first kappa shape index (κ1) is 30.5. The summed E-state index contributed by atoms with van der Waals surface area (Å²) in [5.41, 5.74) is -0.316. The SMILES string of the molecule is CC(O)CN(CC(C)O)C(=O)NCCO.CC(O)CN(CCO)C(=O)NC(C)(C)C. The van der Waals surface area contributed by atoms with Gasteiger partial charge in [0.25, 0.3) is 0 Å². The van der Waals surface area contributed by atoms with Gasteiger partial charge in [-0.3, -0.25) is 0 Å². The molecule has 7 N–H and O–H groups in total. The minimum atomic E-state index is -0.649. The molecular formula is C19H42N4O7. The van der Waals surface area contributed by atoms with Gasteiger partial charge in [-0.2, -0.15) is 0 Å². The number of aliphatic hydroxyl groups excluding tert-OH is 5. The van der Waals surface area contributed by atoms with Crippen LogP contribution in [-0.4, -0.2) is 117 Å². The summed E-state index contributed by atoms with van der Waals surface area (Å²) in [6, 6.07) is -0.664. The normalized spacial score (nSPS) is 14.0. The maximum atomic E-state index is 11.7. The molecule has 0 fully saturated rings. The standard InChI is InChI=1S/C10H22N2O3.C9H20N2O4/c1-8(14)7-12(5-6-13)9(15)11-10(2,3)4;1-7(13)5-11(6-8(2)14)9(15)10-3-4-12/h8,13-14H,5-7H2,1-4H3,(H,11,15);7-8,12-14H,3-6H2,1-2H3,(H,10,15). The lowest BCUT2D eigenvalue weighted by Gasteiger charge is -2.28. The fraction of sp³-hybridized carbons (Fsp3) is 0.895. The summed E-state index contributed by atoms with van der Waals surface area (Å²) >= 11 is 0. The van der Waals surface area contributed by atoms with E-state index >= 15 is 0 Å². The van der Waals surface area contributed by atoms with Crippen molar-refractivity contribution in [2.45, 2.75) is 65.4 Å². The van der Waals surface area contributed by atoms with E-state index in [-0.39, 0.29) is 57.5 Å². The van der Waals surface area contributed by atoms with Crippen LogP contribution < -0.4 is 10.6 Å². The van der Waals surface area contributed by atoms with Gasteiger partial charge in [-0.1, -0.05) is 0 Å². The van der Waals surface area contributed by atoms with E-state index in [1.54, 1.807) is 20.8 Å². The predicted molar refractivity (Wildman–Crippen MR) is 114 cm³/mol. The van der Waals surface area contributed by atoms with Crippen molar-refractivity contribution in [2.24, 2.45) is 0 Å². The van der Waals surface area contributed by atoms with E-state index in [1.165, 1.54) is 9.80 Å². The summed E-state index contributed by atoms with van der Waals surface area (Å²) in [5, 5.41) is 50.1. The van der Waals surface area contributed by atoms with Crippen LogP contribution in [0.4, 0.5) is 9.59 Å². The highest BCUT2D eigenvalue weighted by Crippen LogP contribution is 2.02. The van der Waals surface area contributed by atoms with Gasteiger partial charge in [0, 0.05) is 38.3 Å². The van der Waals surface area contributed by atoms with Crippen LogP contribution in [0.15, 0.2) is 0 Å². The molecule has 0 bridgehead atoms. The van der Waals surface area contributed by atoms with E-state index in [9.17, 15) is 14.7 Å². The molecule has 11 nitrogen and oxygen atoms in total. The summed E-state index contributed by atoms with van der Waals surface area (Å²) in [4.78, 5) is 25.8. The van der Waals surface area contributed by atoms with Crippen molar-refractivity contribution in [1.29, 1.82) is 0 Å². The first-order valence-corrected chi connectivity index (χ1v) is 10.1. The topological polar surface area (TPSA) is 166 Å². The lowest BCUT2D eigenvalue weighted by atomic mass is 10.1. The van der Waals surface area contributed by atoms with Crippen molar-refractivity contribution in [2.75, 3.05) is 45.9 Å². The van der Waals surface area contributed by atoms with Crippen LogP contribution in [0.1, 0.15) is 41.5 Å². The summed E-state index contributed by atoms with van der Waals surface area (Å²) in [5.74, 6) is 0. The second kappa shape index (κ2) is 16.1. The third-order valence-electron chi connectivity index (χ3n) is 3.27. The molecule has 0 heterocycles. The number of urea groups is 2. The highest BCUT2D eigenvalue weighted by atomic mass is 16.3. The van der Waals surface area contributed by atoms with Crippen molar-refractivity contribution >= 4 is 12.1 Å². The second-order valence-corrected chi connectivity index (χ2v) is 8.26. The minimum absolute atomic E-state index is 0.107. The maximum Gasteiger partial charge on any atom is 0.317 e. The van der Waals surface area contributed by atoms with Gasteiger partial charge in [-0.05, 0) is 41.5 Å². The molecule has 0 aromatic rings. The maximum absolute atomic E-state index is 11.7. The number of hydrogen-bond donors (Lipinski definition) is 7. The molecule has 0 aliphatic rings. The number of carbonyl (C=O) groups excluding carboxylic acids is 2. The van der Waals surface area contributed by atoms with Gasteiger partial charge in [0.2, 0.25) is 0 Å². The van der Waals surface area contributed by atoms with Crippen LogP contribution in [0, 0.1) is 0 Å². The largest absolute Gasteiger partial charge is 0.395 e. The van der Waals surface area contributed by atoms with Crippen molar-refractivity contribution < 1.29 is 35.1 Å². The predicted octanol–water partition coefficient (Wildman–Crippen LogP) is -1.08. The molecule has 0 rings (SSSR count). The van der Waals surface area contributed by atoms with Gasteiger partial charge in [0.05, 0.1) is 31.5 Å². The molecule has 30 heavy (non-hydrogen) atoms. The Bertz CT molecular complexity index is 458. The zero-order valence-electron chi connectivity index (χ0n) is 19.1. The van der Waals surface area contributed by atoms with E-state index in [0.717, 1.165) is 0 Å². The van der Waals surface area contributed by atoms with E-state index in [1.807, 2.05) is 20.8 Å². The quantitative estimate of drug-likeness (QED) is 0.228. The van der Waals surface area contributed by atoms with E-state index in [4.69, 9.17) is 20.4 Å². The van der Waals surface area contributed by atoms with Gasteiger partial charge >= 0.3 is 12.1 Å². The van der Waals surface area contributed by atoms with Gasteiger partial charge in [-0.25, -0.2) is 9.59 Å². The van der Waals surface area contributed by atoms with Gasteiger partial charge in [0.1, 0.15) is 0 Å². The van der Waals surface area contributed by atoms with Crippen LogP contribution in [0.25, 0.3) is 0 Å². The van der Waals surface area contributed by atoms with Crippen molar-refractivity contribution in [3.63, 3.8) is 0 Å². The molecule has 0 aromatic carbocycles. The van der Waals surface area contributed by atoms with Gasteiger partial charge in [-0.15, -0.1) is 0 Å². The number of nitrogens with one attached hydrogen (secondary N) is 2. The second-order valence-electron chi connectivity index (χ2n) is 8.26. The third-order valence-corrected chi connectivity index (χ3v) is 3.27. The van der Waals surface area contributed by atoms with Crippen LogP contribution >= 0.6 is 0 Å². The van der Waals surface area contributed by atoms with Gasteiger partial charge in [0.15, 0.2) is 0 Å². The number of hydrogen-bond acceptors (Lipinski definition) is 7. The molecule has 180 valence electrons. The summed E-state index contributed by atoms with van der Waals surface area (Å²) in [7, 11) is 0. The molecule has 0 aliphatic heterocycles. The van der Waals surface area contributed by atoms with E-state index < -0.39 is 24.3 Å². The molecule has 0 saturated carbocycles. The van der Waals surface area contributed by atoms with Crippen LogP contribution in [-0.2, 0) is 0 Å². The Labute approximate surface area is 179 Å². The monoisotopic (exact) mass is 438 g/mol. The average molecular weight is 439 g/mol. The number of carbonyl (C=O) groups is 2.